The van der Waals surface area contributed by atoms with E-state index >= 15 is 0 Å². The zero-order valence-corrected chi connectivity index (χ0v) is 14.6. The van der Waals surface area contributed by atoms with Crippen molar-refractivity contribution in [3.8, 4) is 22.3 Å². The van der Waals surface area contributed by atoms with E-state index < -0.39 is 0 Å². The Bertz CT molecular complexity index is 1230. The van der Waals surface area contributed by atoms with Gasteiger partial charge in [0.1, 0.15) is 11.2 Å². The van der Waals surface area contributed by atoms with Crippen molar-refractivity contribution >= 4 is 21.9 Å². The molecule has 0 aliphatic carbocycles. The minimum absolute atomic E-state index is 0.951. The molecule has 4 aromatic carbocycles. The molecule has 1 heterocycles. The smallest absolute Gasteiger partial charge is 0.143 e. The molecule has 0 N–H and O–H groups in total. The highest BCUT2D eigenvalue weighted by atomic mass is 16.3. The summed E-state index contributed by atoms with van der Waals surface area (Å²) in [7, 11) is 0. The first-order valence-corrected chi connectivity index (χ1v) is 8.88. The van der Waals surface area contributed by atoms with Crippen molar-refractivity contribution in [1.29, 1.82) is 0 Å². The second kappa shape index (κ2) is 5.89. The molecule has 0 spiro atoms. The van der Waals surface area contributed by atoms with Crippen LogP contribution in [0.1, 0.15) is 5.56 Å². The zero-order chi connectivity index (χ0) is 17.5. The SMILES string of the molecule is Cc1cccc2oc3c(-c4cccc(-c5ccccc5)c4)cccc3c12. The van der Waals surface area contributed by atoms with E-state index in [2.05, 4.69) is 85.8 Å². The molecule has 5 aromatic rings. The van der Waals surface area contributed by atoms with Crippen LogP contribution in [0.2, 0.25) is 0 Å². The van der Waals surface area contributed by atoms with Crippen molar-refractivity contribution in [2.24, 2.45) is 0 Å². The van der Waals surface area contributed by atoms with Crippen molar-refractivity contribution in [3.63, 3.8) is 0 Å². The van der Waals surface area contributed by atoms with Gasteiger partial charge in [0.15, 0.2) is 0 Å². The third kappa shape index (κ3) is 2.33. The molecular formula is C25H18O. The number of hydrogen-bond donors (Lipinski definition) is 0. The fraction of sp³-hybridized carbons (Fsp3) is 0.0400. The lowest BCUT2D eigenvalue weighted by atomic mass is 9.97. The van der Waals surface area contributed by atoms with Gasteiger partial charge < -0.3 is 4.42 Å². The van der Waals surface area contributed by atoms with Crippen LogP contribution in [0, 0.1) is 6.92 Å². The first-order valence-electron chi connectivity index (χ1n) is 8.88. The zero-order valence-electron chi connectivity index (χ0n) is 14.6. The van der Waals surface area contributed by atoms with Crippen molar-refractivity contribution in [1.82, 2.24) is 0 Å². The molecule has 0 saturated carbocycles. The van der Waals surface area contributed by atoms with Crippen LogP contribution in [0.4, 0.5) is 0 Å². The second-order valence-electron chi connectivity index (χ2n) is 6.68. The van der Waals surface area contributed by atoms with Crippen molar-refractivity contribution in [3.05, 3.63) is 96.6 Å². The van der Waals surface area contributed by atoms with Crippen molar-refractivity contribution in [2.45, 2.75) is 6.92 Å². The maximum Gasteiger partial charge on any atom is 0.143 e. The summed E-state index contributed by atoms with van der Waals surface area (Å²) in [4.78, 5) is 0. The van der Waals surface area contributed by atoms with Gasteiger partial charge in [-0.3, -0.25) is 0 Å². The molecule has 0 unspecified atom stereocenters. The molecule has 124 valence electrons. The lowest BCUT2D eigenvalue weighted by molar-refractivity contribution is 0.670. The highest BCUT2D eigenvalue weighted by Gasteiger charge is 2.13. The van der Waals surface area contributed by atoms with E-state index in [1.54, 1.807) is 0 Å². The Kier molecular flexibility index (Phi) is 3.39. The molecule has 0 aliphatic rings. The third-order valence-electron chi connectivity index (χ3n) is 5.01. The van der Waals surface area contributed by atoms with Crippen LogP contribution in [0.3, 0.4) is 0 Å². The minimum Gasteiger partial charge on any atom is -0.455 e. The van der Waals surface area contributed by atoms with E-state index in [0.717, 1.165) is 16.7 Å². The monoisotopic (exact) mass is 334 g/mol. The highest BCUT2D eigenvalue weighted by Crippen LogP contribution is 2.37. The lowest BCUT2D eigenvalue weighted by Gasteiger charge is -2.07. The first kappa shape index (κ1) is 15.0. The standard InChI is InChI=1S/C25H18O/c1-17-8-5-15-23-24(17)22-14-7-13-21(25(22)26-23)20-12-6-11-19(16-20)18-9-3-2-4-10-18/h2-16H,1H3. The van der Waals surface area contributed by atoms with Crippen molar-refractivity contribution in [2.75, 3.05) is 0 Å². The fourth-order valence-corrected chi connectivity index (χ4v) is 3.75. The predicted octanol–water partition coefficient (Wildman–Crippen LogP) is 7.23. The fourth-order valence-electron chi connectivity index (χ4n) is 3.75. The maximum absolute atomic E-state index is 6.26. The second-order valence-corrected chi connectivity index (χ2v) is 6.68. The average molecular weight is 334 g/mol. The number of benzene rings is 4. The number of furan rings is 1. The average Bonchev–Trinajstić information content (AvgIpc) is 3.09. The van der Waals surface area contributed by atoms with Gasteiger partial charge in [0.25, 0.3) is 0 Å². The van der Waals surface area contributed by atoms with E-state index in [4.69, 9.17) is 4.42 Å². The Morgan fingerprint density at radius 3 is 2.23 bits per heavy atom. The highest BCUT2D eigenvalue weighted by molar-refractivity contribution is 6.10. The minimum atomic E-state index is 0.951. The molecule has 26 heavy (non-hydrogen) atoms. The van der Waals surface area contributed by atoms with Gasteiger partial charge in [-0.1, -0.05) is 78.9 Å². The molecule has 0 radical (unpaired) electrons. The Morgan fingerprint density at radius 1 is 0.615 bits per heavy atom. The van der Waals surface area contributed by atoms with Gasteiger partial charge in [0.05, 0.1) is 0 Å². The van der Waals surface area contributed by atoms with Gasteiger partial charge >= 0.3 is 0 Å². The van der Waals surface area contributed by atoms with Crippen LogP contribution in [0.15, 0.2) is 95.4 Å². The predicted molar refractivity (Wildman–Crippen MR) is 109 cm³/mol. The molecule has 0 fully saturated rings. The summed E-state index contributed by atoms with van der Waals surface area (Å²) in [5.41, 5.74) is 7.91. The van der Waals surface area contributed by atoms with Crippen LogP contribution in [0.5, 0.6) is 0 Å². The lowest BCUT2D eigenvalue weighted by Crippen LogP contribution is -1.82. The summed E-state index contributed by atoms with van der Waals surface area (Å²) in [5, 5.41) is 2.39. The van der Waals surface area contributed by atoms with E-state index in [9.17, 15) is 0 Å². The normalized spacial score (nSPS) is 11.3. The summed E-state index contributed by atoms with van der Waals surface area (Å²) in [6.07, 6.45) is 0. The van der Waals surface area contributed by atoms with Gasteiger partial charge in [-0.25, -0.2) is 0 Å². The molecule has 0 saturated heterocycles. The summed E-state index contributed by atoms with van der Waals surface area (Å²) in [6, 6.07) is 31.8. The van der Waals surface area contributed by atoms with Gasteiger partial charge in [-0.2, -0.15) is 0 Å². The molecule has 0 bridgehead atoms. The molecule has 1 nitrogen and oxygen atoms in total. The number of para-hydroxylation sites is 1. The molecule has 0 amide bonds. The molecule has 0 atom stereocenters. The summed E-state index contributed by atoms with van der Waals surface area (Å²) >= 11 is 0. The van der Waals surface area contributed by atoms with Crippen LogP contribution < -0.4 is 0 Å². The van der Waals surface area contributed by atoms with Gasteiger partial charge in [0, 0.05) is 16.3 Å². The maximum atomic E-state index is 6.26. The van der Waals surface area contributed by atoms with E-state index in [0.29, 0.717) is 0 Å². The number of hydrogen-bond acceptors (Lipinski definition) is 1. The van der Waals surface area contributed by atoms with E-state index in [-0.39, 0.29) is 0 Å². The first-order chi connectivity index (χ1) is 12.8. The van der Waals surface area contributed by atoms with Gasteiger partial charge in [0.2, 0.25) is 0 Å². The summed E-state index contributed by atoms with van der Waals surface area (Å²) in [6.45, 7) is 2.14. The Balaban J connectivity index is 1.75. The largest absolute Gasteiger partial charge is 0.455 e. The summed E-state index contributed by atoms with van der Waals surface area (Å²) in [5.74, 6) is 0. The molecule has 1 heteroatoms. The van der Waals surface area contributed by atoms with Crippen LogP contribution in [-0.2, 0) is 0 Å². The van der Waals surface area contributed by atoms with Crippen LogP contribution >= 0.6 is 0 Å². The topological polar surface area (TPSA) is 13.1 Å². The number of fused-ring (bicyclic) bond motifs is 3. The molecular weight excluding hydrogens is 316 g/mol. The van der Waals surface area contributed by atoms with E-state index in [1.807, 2.05) is 12.1 Å². The summed E-state index contributed by atoms with van der Waals surface area (Å²) < 4.78 is 6.26. The van der Waals surface area contributed by atoms with Crippen LogP contribution in [-0.4, -0.2) is 0 Å². The third-order valence-corrected chi connectivity index (χ3v) is 5.01. The Labute approximate surface area is 152 Å². The molecule has 1 aromatic heterocycles. The molecule has 0 aliphatic heterocycles. The van der Waals surface area contributed by atoms with Gasteiger partial charge in [-0.15, -0.1) is 0 Å². The van der Waals surface area contributed by atoms with Gasteiger partial charge in [-0.05, 0) is 41.3 Å². The Morgan fingerprint density at radius 2 is 1.35 bits per heavy atom. The van der Waals surface area contributed by atoms with Crippen molar-refractivity contribution < 1.29 is 4.42 Å². The number of rotatable bonds is 2. The van der Waals surface area contributed by atoms with Crippen LogP contribution in [0.25, 0.3) is 44.2 Å². The molecule has 5 rings (SSSR count). The number of aryl methyl sites for hydroxylation is 1. The Hall–Kier alpha value is -3.32. The van der Waals surface area contributed by atoms with E-state index in [1.165, 1.54) is 33.0 Å². The quantitative estimate of drug-likeness (QED) is 0.332.